The summed E-state index contributed by atoms with van der Waals surface area (Å²) in [5, 5.41) is 4.16. The first-order valence-electron chi connectivity index (χ1n) is 7.56. The first-order valence-corrected chi connectivity index (χ1v) is 7.56. The fraction of sp³-hybridized carbons (Fsp3) is 0.857. The van der Waals surface area contributed by atoms with Crippen LogP contribution in [0.25, 0.3) is 0 Å². The molecule has 0 bridgehead atoms. The molecule has 1 atom stereocenters. The fourth-order valence-corrected chi connectivity index (χ4v) is 3.33. The highest BCUT2D eigenvalue weighted by molar-refractivity contribution is 4.76. The maximum atomic E-state index is 5.84. The monoisotopic (exact) mass is 264 g/mol. The zero-order valence-electron chi connectivity index (χ0n) is 11.6. The van der Waals surface area contributed by atoms with E-state index in [0.717, 1.165) is 32.2 Å². The lowest BCUT2D eigenvalue weighted by atomic mass is 9.89. The van der Waals surface area contributed by atoms with Crippen LogP contribution in [0.4, 0.5) is 0 Å². The molecule has 0 aromatic carbocycles. The molecule has 3 rings (SSSR count). The van der Waals surface area contributed by atoms with Crippen LogP contribution in [0.15, 0.2) is 12.7 Å². The molecule has 0 amide bonds. The molecular weight excluding hydrogens is 240 g/mol. The van der Waals surface area contributed by atoms with Gasteiger partial charge in [-0.3, -0.25) is 9.58 Å². The van der Waals surface area contributed by atoms with Crippen molar-refractivity contribution in [3.05, 3.63) is 12.7 Å². The smallest absolute Gasteiger partial charge is 0.137 e. The van der Waals surface area contributed by atoms with Crippen LogP contribution in [0.2, 0.25) is 0 Å². The fourth-order valence-electron chi connectivity index (χ4n) is 3.33. The first-order chi connectivity index (χ1) is 9.40. The number of ether oxygens (including phenoxy) is 1. The molecule has 0 radical (unpaired) electrons. The van der Waals surface area contributed by atoms with Crippen molar-refractivity contribution >= 4 is 0 Å². The molecule has 5 nitrogen and oxygen atoms in total. The molecule has 106 valence electrons. The number of hydrogen-bond donors (Lipinski definition) is 0. The molecule has 0 spiro atoms. The molecule has 1 aromatic rings. The van der Waals surface area contributed by atoms with Crippen molar-refractivity contribution in [2.75, 3.05) is 26.2 Å². The average Bonchev–Trinajstić information content (AvgIpc) is 2.93. The Bertz CT molecular complexity index is 362. The number of aromatic nitrogens is 3. The molecule has 1 aliphatic carbocycles. The average molecular weight is 264 g/mol. The molecule has 19 heavy (non-hydrogen) atoms. The van der Waals surface area contributed by atoms with E-state index in [1.54, 1.807) is 12.7 Å². The van der Waals surface area contributed by atoms with Crippen LogP contribution in [-0.2, 0) is 11.3 Å². The largest absolute Gasteiger partial charge is 0.374 e. The van der Waals surface area contributed by atoms with Crippen LogP contribution in [0.5, 0.6) is 0 Å². The van der Waals surface area contributed by atoms with Gasteiger partial charge in [0.05, 0.1) is 19.3 Å². The van der Waals surface area contributed by atoms with E-state index in [4.69, 9.17) is 4.74 Å². The number of rotatable bonds is 4. The lowest BCUT2D eigenvalue weighted by Crippen LogP contribution is -2.46. The SMILES string of the molecule is c1ncn(C[C@H]2CN(CC3CCCCC3)CCO2)n1. The van der Waals surface area contributed by atoms with Crippen LogP contribution >= 0.6 is 0 Å². The van der Waals surface area contributed by atoms with Crippen molar-refractivity contribution in [2.45, 2.75) is 44.8 Å². The maximum absolute atomic E-state index is 5.84. The van der Waals surface area contributed by atoms with Crippen LogP contribution < -0.4 is 0 Å². The van der Waals surface area contributed by atoms with E-state index in [1.807, 2.05) is 4.68 Å². The van der Waals surface area contributed by atoms with Gasteiger partial charge in [-0.25, -0.2) is 4.98 Å². The van der Waals surface area contributed by atoms with E-state index in [0.29, 0.717) is 0 Å². The molecule has 2 fully saturated rings. The standard InChI is InChI=1S/C14H24N4O/c1-2-4-13(5-3-1)8-17-6-7-19-14(9-17)10-18-12-15-11-16-18/h11-14H,1-10H2/t14-/m1/s1. The van der Waals surface area contributed by atoms with Gasteiger partial charge in [-0.15, -0.1) is 0 Å². The summed E-state index contributed by atoms with van der Waals surface area (Å²) < 4.78 is 7.71. The van der Waals surface area contributed by atoms with E-state index in [-0.39, 0.29) is 6.10 Å². The summed E-state index contributed by atoms with van der Waals surface area (Å²) in [6.45, 7) is 5.06. The highest BCUT2D eigenvalue weighted by Crippen LogP contribution is 2.25. The second kappa shape index (κ2) is 6.48. The van der Waals surface area contributed by atoms with Crippen molar-refractivity contribution < 1.29 is 4.74 Å². The highest BCUT2D eigenvalue weighted by atomic mass is 16.5. The van der Waals surface area contributed by atoms with E-state index in [1.165, 1.54) is 38.6 Å². The van der Waals surface area contributed by atoms with Gasteiger partial charge in [-0.1, -0.05) is 19.3 Å². The Hall–Kier alpha value is -0.940. The normalized spacial score (nSPS) is 26.6. The van der Waals surface area contributed by atoms with Gasteiger partial charge in [-0.05, 0) is 18.8 Å². The third-order valence-corrected chi connectivity index (χ3v) is 4.32. The predicted molar refractivity (Wildman–Crippen MR) is 72.8 cm³/mol. The molecule has 2 aliphatic rings. The van der Waals surface area contributed by atoms with Crippen molar-refractivity contribution in [2.24, 2.45) is 5.92 Å². The van der Waals surface area contributed by atoms with E-state index < -0.39 is 0 Å². The Balaban J connectivity index is 1.47. The first kappa shape index (κ1) is 13.1. The molecule has 1 aliphatic heterocycles. The number of nitrogens with zero attached hydrogens (tertiary/aromatic N) is 4. The number of morpholine rings is 1. The van der Waals surface area contributed by atoms with Gasteiger partial charge in [0.25, 0.3) is 0 Å². The van der Waals surface area contributed by atoms with Crippen LogP contribution in [-0.4, -0.2) is 52.0 Å². The molecule has 0 N–H and O–H groups in total. The third-order valence-electron chi connectivity index (χ3n) is 4.32. The van der Waals surface area contributed by atoms with Crippen LogP contribution in [0.3, 0.4) is 0 Å². The summed E-state index contributed by atoms with van der Waals surface area (Å²) in [4.78, 5) is 6.57. The Kier molecular flexibility index (Phi) is 4.45. The summed E-state index contributed by atoms with van der Waals surface area (Å²) in [7, 11) is 0. The molecular formula is C14H24N4O. The lowest BCUT2D eigenvalue weighted by molar-refractivity contribution is -0.0429. The highest BCUT2D eigenvalue weighted by Gasteiger charge is 2.24. The van der Waals surface area contributed by atoms with Gasteiger partial charge in [0, 0.05) is 19.6 Å². The van der Waals surface area contributed by atoms with E-state index in [2.05, 4.69) is 15.0 Å². The van der Waals surface area contributed by atoms with E-state index in [9.17, 15) is 0 Å². The maximum Gasteiger partial charge on any atom is 0.137 e. The Morgan fingerprint density at radius 2 is 2.05 bits per heavy atom. The van der Waals surface area contributed by atoms with Crippen molar-refractivity contribution in [1.82, 2.24) is 19.7 Å². The van der Waals surface area contributed by atoms with Crippen molar-refractivity contribution in [3.63, 3.8) is 0 Å². The quantitative estimate of drug-likeness (QED) is 0.828. The zero-order chi connectivity index (χ0) is 12.9. The third kappa shape index (κ3) is 3.76. The summed E-state index contributed by atoms with van der Waals surface area (Å²) in [5.41, 5.74) is 0. The molecule has 2 heterocycles. The minimum Gasteiger partial charge on any atom is -0.374 e. The minimum absolute atomic E-state index is 0.263. The second-order valence-corrected chi connectivity index (χ2v) is 5.87. The van der Waals surface area contributed by atoms with Crippen molar-refractivity contribution in [1.29, 1.82) is 0 Å². The summed E-state index contributed by atoms with van der Waals surface area (Å²) in [6.07, 6.45) is 10.8. The van der Waals surface area contributed by atoms with Crippen molar-refractivity contribution in [3.8, 4) is 0 Å². The Labute approximate surface area is 114 Å². The molecule has 5 heteroatoms. The van der Waals surface area contributed by atoms with E-state index >= 15 is 0 Å². The summed E-state index contributed by atoms with van der Waals surface area (Å²) in [6, 6.07) is 0. The molecule has 1 saturated heterocycles. The molecule has 1 aromatic heterocycles. The number of hydrogen-bond acceptors (Lipinski definition) is 4. The predicted octanol–water partition coefficient (Wildman–Crippen LogP) is 1.56. The van der Waals surface area contributed by atoms with Gasteiger partial charge in [0.1, 0.15) is 12.7 Å². The minimum atomic E-state index is 0.263. The Morgan fingerprint density at radius 3 is 2.84 bits per heavy atom. The molecule has 1 saturated carbocycles. The second-order valence-electron chi connectivity index (χ2n) is 5.87. The molecule has 0 unspecified atom stereocenters. The zero-order valence-corrected chi connectivity index (χ0v) is 11.6. The van der Waals surface area contributed by atoms with Gasteiger partial charge in [0.15, 0.2) is 0 Å². The van der Waals surface area contributed by atoms with Gasteiger partial charge in [0.2, 0.25) is 0 Å². The summed E-state index contributed by atoms with van der Waals surface area (Å²) >= 11 is 0. The van der Waals surface area contributed by atoms with Crippen LogP contribution in [0.1, 0.15) is 32.1 Å². The summed E-state index contributed by atoms with van der Waals surface area (Å²) in [5.74, 6) is 0.916. The Morgan fingerprint density at radius 1 is 1.16 bits per heavy atom. The van der Waals surface area contributed by atoms with Crippen LogP contribution in [0, 0.1) is 5.92 Å². The van der Waals surface area contributed by atoms with Gasteiger partial charge in [-0.2, -0.15) is 5.10 Å². The lowest BCUT2D eigenvalue weighted by Gasteiger charge is -2.36. The van der Waals surface area contributed by atoms with Gasteiger partial charge < -0.3 is 4.74 Å². The topological polar surface area (TPSA) is 43.2 Å². The van der Waals surface area contributed by atoms with Gasteiger partial charge >= 0.3 is 0 Å².